The van der Waals surface area contributed by atoms with Gasteiger partial charge in [0, 0.05) is 47.4 Å². The first-order valence-electron chi connectivity index (χ1n) is 12.4. The second-order valence-electron chi connectivity index (χ2n) is 9.54. The van der Waals surface area contributed by atoms with E-state index in [0.29, 0.717) is 48.3 Å². The summed E-state index contributed by atoms with van der Waals surface area (Å²) in [6.07, 6.45) is 2.83. The van der Waals surface area contributed by atoms with Crippen LogP contribution in [0.3, 0.4) is 0 Å². The molecule has 1 atom stereocenters. The Balaban J connectivity index is 1.61. The predicted molar refractivity (Wildman–Crippen MR) is 155 cm³/mol. The van der Waals surface area contributed by atoms with E-state index in [1.54, 1.807) is 15.9 Å². The van der Waals surface area contributed by atoms with Gasteiger partial charge in [0.15, 0.2) is 6.10 Å². The van der Waals surface area contributed by atoms with E-state index >= 15 is 0 Å². The summed E-state index contributed by atoms with van der Waals surface area (Å²) in [5.41, 5.74) is 2.57. The highest BCUT2D eigenvalue weighted by Crippen LogP contribution is 2.26. The molecule has 198 valence electrons. The minimum absolute atomic E-state index is 0.00958. The monoisotopic (exact) mass is 641 g/mol. The van der Waals surface area contributed by atoms with Crippen LogP contribution >= 0.6 is 31.9 Å². The van der Waals surface area contributed by atoms with Crippen LogP contribution in [0.15, 0.2) is 57.5 Å². The Bertz CT molecular complexity index is 1380. The summed E-state index contributed by atoms with van der Waals surface area (Å²) < 4.78 is 7.68. The Kier molecular flexibility index (Phi) is 8.99. The van der Waals surface area contributed by atoms with Crippen molar-refractivity contribution >= 4 is 72.7 Å². The van der Waals surface area contributed by atoms with E-state index in [9.17, 15) is 14.4 Å². The minimum atomic E-state index is -0.941. The van der Waals surface area contributed by atoms with Crippen molar-refractivity contribution < 1.29 is 19.1 Å². The minimum Gasteiger partial charge on any atom is -0.448 e. The van der Waals surface area contributed by atoms with Crippen molar-refractivity contribution in [1.29, 1.82) is 0 Å². The summed E-state index contributed by atoms with van der Waals surface area (Å²) in [6.45, 7) is 7.00. The maximum atomic E-state index is 13.6. The average molecular weight is 643 g/mol. The third-order valence-electron chi connectivity index (χ3n) is 6.45. The Hall–Kier alpha value is -3.04. The summed E-state index contributed by atoms with van der Waals surface area (Å²) in [7, 11) is 0. The molecule has 9 heteroatoms. The molecule has 1 fully saturated rings. The molecule has 1 aliphatic heterocycles. The fourth-order valence-electron chi connectivity index (χ4n) is 4.30. The molecule has 2 aromatic carbocycles. The van der Waals surface area contributed by atoms with Gasteiger partial charge in [-0.25, -0.2) is 9.78 Å². The van der Waals surface area contributed by atoms with Gasteiger partial charge in [0.25, 0.3) is 5.91 Å². The van der Waals surface area contributed by atoms with Crippen molar-refractivity contribution in [2.75, 3.05) is 26.2 Å². The van der Waals surface area contributed by atoms with Crippen molar-refractivity contribution in [1.82, 2.24) is 14.8 Å². The highest BCUT2D eigenvalue weighted by molar-refractivity contribution is 9.10. The first-order chi connectivity index (χ1) is 18.1. The molecule has 1 aromatic heterocycles. The number of fused-ring (bicyclic) bond motifs is 1. The molecular weight excluding hydrogens is 614 g/mol. The molecular formula is C29H29Br2N3O4. The van der Waals surface area contributed by atoms with Crippen LogP contribution in [-0.2, 0) is 14.3 Å². The second kappa shape index (κ2) is 12.2. The van der Waals surface area contributed by atoms with Gasteiger partial charge in [-0.15, -0.1) is 0 Å². The van der Waals surface area contributed by atoms with Gasteiger partial charge in [0.05, 0.1) is 16.8 Å². The van der Waals surface area contributed by atoms with Crippen LogP contribution in [0.25, 0.3) is 23.1 Å². The van der Waals surface area contributed by atoms with Gasteiger partial charge in [0.1, 0.15) is 0 Å². The zero-order chi connectivity index (χ0) is 27.4. The molecule has 4 rings (SSSR count). The van der Waals surface area contributed by atoms with Gasteiger partial charge in [-0.1, -0.05) is 63.9 Å². The molecule has 7 nitrogen and oxygen atoms in total. The maximum absolute atomic E-state index is 13.6. The number of amides is 2. The summed E-state index contributed by atoms with van der Waals surface area (Å²) >= 11 is 6.92. The standard InChI is InChI=1S/C29H29Br2N3O4/c1-18(2)27(28(36)34-14-12-33(13-15-34)19(3)35)38-29(37)25-17-23(10-6-20-4-7-21(30)8-5-20)32-26-11-9-22(31)16-24(25)26/h4-11,16-18,27H,12-15H2,1-3H3/b10-6+. The number of esters is 1. The number of nitrogens with zero attached hydrogens (tertiary/aromatic N) is 3. The Morgan fingerprint density at radius 2 is 1.53 bits per heavy atom. The van der Waals surface area contributed by atoms with Crippen LogP contribution < -0.4 is 0 Å². The number of rotatable bonds is 6. The van der Waals surface area contributed by atoms with Crippen LogP contribution in [0.5, 0.6) is 0 Å². The van der Waals surface area contributed by atoms with E-state index in [2.05, 4.69) is 31.9 Å². The maximum Gasteiger partial charge on any atom is 0.339 e. The molecule has 0 aliphatic carbocycles. The largest absolute Gasteiger partial charge is 0.448 e. The quantitative estimate of drug-likeness (QED) is 0.318. The van der Waals surface area contributed by atoms with Gasteiger partial charge in [0.2, 0.25) is 5.91 Å². The summed E-state index contributed by atoms with van der Waals surface area (Å²) in [5.74, 6) is -1.06. The molecule has 0 bridgehead atoms. The molecule has 0 saturated carbocycles. The molecule has 0 spiro atoms. The number of pyridine rings is 1. The topological polar surface area (TPSA) is 79.8 Å². The molecule has 2 amide bonds. The van der Waals surface area contributed by atoms with E-state index < -0.39 is 12.1 Å². The van der Waals surface area contributed by atoms with Crippen molar-refractivity contribution in [3.8, 4) is 0 Å². The normalized spacial score (nSPS) is 14.8. The van der Waals surface area contributed by atoms with E-state index in [1.165, 1.54) is 6.92 Å². The summed E-state index contributed by atoms with van der Waals surface area (Å²) in [4.78, 5) is 46.7. The number of carbonyl (C=O) groups is 3. The molecule has 1 saturated heterocycles. The Morgan fingerprint density at radius 1 is 0.895 bits per heavy atom. The number of halogens is 2. The van der Waals surface area contributed by atoms with Crippen molar-refractivity contribution in [2.24, 2.45) is 5.92 Å². The molecule has 0 N–H and O–H groups in total. The number of hydrogen-bond acceptors (Lipinski definition) is 5. The Labute approximate surface area is 239 Å². The fraction of sp³-hybridized carbons (Fsp3) is 0.310. The molecule has 38 heavy (non-hydrogen) atoms. The lowest BCUT2D eigenvalue weighted by molar-refractivity contribution is -0.147. The number of piperazine rings is 1. The smallest absolute Gasteiger partial charge is 0.339 e. The van der Waals surface area contributed by atoms with Crippen LogP contribution in [0.4, 0.5) is 0 Å². The first-order valence-corrected chi connectivity index (χ1v) is 14.0. The number of hydrogen-bond donors (Lipinski definition) is 0. The molecule has 1 unspecified atom stereocenters. The lowest BCUT2D eigenvalue weighted by atomic mass is 10.0. The van der Waals surface area contributed by atoms with Gasteiger partial charge in [-0.05, 0) is 54.0 Å². The SMILES string of the molecule is CC(=O)N1CCN(C(=O)C(OC(=O)c2cc(/C=C/c3ccc(Br)cc3)nc3ccc(Br)cc23)C(C)C)CC1. The molecule has 3 aromatic rings. The van der Waals surface area contributed by atoms with E-state index in [-0.39, 0.29) is 17.7 Å². The van der Waals surface area contributed by atoms with Crippen LogP contribution in [-0.4, -0.2) is 64.9 Å². The third-order valence-corrected chi connectivity index (χ3v) is 7.47. The molecule has 0 radical (unpaired) electrons. The average Bonchev–Trinajstić information content (AvgIpc) is 2.90. The lowest BCUT2D eigenvalue weighted by Gasteiger charge is -2.36. The highest BCUT2D eigenvalue weighted by atomic mass is 79.9. The van der Waals surface area contributed by atoms with E-state index in [0.717, 1.165) is 14.5 Å². The Morgan fingerprint density at radius 3 is 2.16 bits per heavy atom. The third kappa shape index (κ3) is 6.69. The van der Waals surface area contributed by atoms with Gasteiger partial charge >= 0.3 is 5.97 Å². The summed E-state index contributed by atoms with van der Waals surface area (Å²) in [5, 5.41) is 0.634. The first kappa shape index (κ1) is 28.0. The fourth-order valence-corrected chi connectivity index (χ4v) is 4.93. The van der Waals surface area contributed by atoms with Crippen LogP contribution in [0, 0.1) is 5.92 Å². The van der Waals surface area contributed by atoms with E-state index in [4.69, 9.17) is 9.72 Å². The molecule has 2 heterocycles. The van der Waals surface area contributed by atoms with Crippen molar-refractivity contribution in [2.45, 2.75) is 26.9 Å². The van der Waals surface area contributed by atoms with Crippen LogP contribution in [0.2, 0.25) is 0 Å². The van der Waals surface area contributed by atoms with E-state index in [1.807, 2.05) is 68.5 Å². The summed E-state index contributed by atoms with van der Waals surface area (Å²) in [6, 6.07) is 15.1. The van der Waals surface area contributed by atoms with Gasteiger partial charge < -0.3 is 14.5 Å². The van der Waals surface area contributed by atoms with Gasteiger partial charge in [-0.3, -0.25) is 9.59 Å². The second-order valence-corrected chi connectivity index (χ2v) is 11.4. The van der Waals surface area contributed by atoms with Crippen molar-refractivity contribution in [3.63, 3.8) is 0 Å². The van der Waals surface area contributed by atoms with Crippen LogP contribution in [0.1, 0.15) is 42.4 Å². The lowest BCUT2D eigenvalue weighted by Crippen LogP contribution is -2.53. The van der Waals surface area contributed by atoms with Gasteiger partial charge in [-0.2, -0.15) is 0 Å². The zero-order valence-corrected chi connectivity index (χ0v) is 24.7. The number of benzene rings is 2. The number of carbonyl (C=O) groups excluding carboxylic acids is 3. The van der Waals surface area contributed by atoms with Crippen molar-refractivity contribution in [3.05, 3.63) is 74.3 Å². The zero-order valence-electron chi connectivity index (χ0n) is 21.5. The predicted octanol–water partition coefficient (Wildman–Crippen LogP) is 5.80. The molecule has 1 aliphatic rings. The number of ether oxygens (including phenoxy) is 1. The number of aromatic nitrogens is 1. The highest BCUT2D eigenvalue weighted by Gasteiger charge is 2.33.